The minimum absolute atomic E-state index is 0.106. The van der Waals surface area contributed by atoms with Crippen LogP contribution in [0.5, 0.6) is 5.88 Å². The van der Waals surface area contributed by atoms with Gasteiger partial charge in [-0.1, -0.05) is 0 Å². The van der Waals surface area contributed by atoms with Crippen molar-refractivity contribution < 1.29 is 9.53 Å². The second-order valence-electron chi connectivity index (χ2n) is 5.59. The molecule has 0 saturated heterocycles. The number of fused-ring (bicyclic) bond motifs is 1. The topological polar surface area (TPSA) is 86.1 Å². The fourth-order valence-electron chi connectivity index (χ4n) is 2.45. The highest BCUT2D eigenvalue weighted by Gasteiger charge is 2.12. The number of methoxy groups -OCH3 is 1. The summed E-state index contributed by atoms with van der Waals surface area (Å²) in [7, 11) is 1.53. The molecule has 0 fully saturated rings. The fraction of sp³-hybridized carbons (Fsp3) is 0.294. The van der Waals surface area contributed by atoms with E-state index in [9.17, 15) is 9.59 Å². The largest absolute Gasteiger partial charge is 0.481 e. The Morgan fingerprint density at radius 2 is 2.12 bits per heavy atom. The van der Waals surface area contributed by atoms with Gasteiger partial charge in [-0.2, -0.15) is 0 Å². The minimum Gasteiger partial charge on any atom is -0.481 e. The van der Waals surface area contributed by atoms with Crippen LogP contribution in [0, 0.1) is 13.8 Å². The molecule has 0 spiro atoms. The molecule has 3 aromatic heterocycles. The van der Waals surface area contributed by atoms with E-state index in [2.05, 4.69) is 15.3 Å². The molecule has 7 nitrogen and oxygen atoms in total. The van der Waals surface area contributed by atoms with E-state index in [-0.39, 0.29) is 24.4 Å². The number of rotatable bonds is 5. The Balaban J connectivity index is 1.69. The van der Waals surface area contributed by atoms with Gasteiger partial charge in [0.2, 0.25) is 11.8 Å². The third-order valence-corrected chi connectivity index (χ3v) is 5.08. The van der Waals surface area contributed by atoms with E-state index in [0.29, 0.717) is 17.0 Å². The Morgan fingerprint density at radius 1 is 1.32 bits per heavy atom. The van der Waals surface area contributed by atoms with E-state index >= 15 is 0 Å². The van der Waals surface area contributed by atoms with Crippen molar-refractivity contribution in [3.63, 3.8) is 0 Å². The highest BCUT2D eigenvalue weighted by Crippen LogP contribution is 2.25. The number of aromatic nitrogens is 3. The van der Waals surface area contributed by atoms with Crippen LogP contribution in [0.4, 0.5) is 5.69 Å². The summed E-state index contributed by atoms with van der Waals surface area (Å²) in [4.78, 5) is 34.8. The predicted molar refractivity (Wildman–Crippen MR) is 97.4 cm³/mol. The SMILES string of the molecule is COc1ccc(NC(=O)CCn2cnc3sc(C)c(C)c3c2=O)cn1. The van der Waals surface area contributed by atoms with E-state index in [4.69, 9.17) is 4.74 Å². The number of pyridine rings is 1. The van der Waals surface area contributed by atoms with Gasteiger partial charge in [-0.15, -0.1) is 11.3 Å². The molecule has 0 aliphatic carbocycles. The molecule has 0 aromatic carbocycles. The summed E-state index contributed by atoms with van der Waals surface area (Å²) in [5.74, 6) is 0.280. The van der Waals surface area contributed by atoms with Gasteiger partial charge < -0.3 is 10.1 Å². The lowest BCUT2D eigenvalue weighted by molar-refractivity contribution is -0.116. The van der Waals surface area contributed by atoms with Crippen LogP contribution in [0.15, 0.2) is 29.5 Å². The van der Waals surface area contributed by atoms with Crippen LogP contribution in [0.2, 0.25) is 0 Å². The number of amides is 1. The normalized spacial score (nSPS) is 10.8. The van der Waals surface area contributed by atoms with Crippen LogP contribution >= 0.6 is 11.3 Å². The molecule has 0 aliphatic rings. The standard InChI is InChI=1S/C17H18N4O3S/c1-10-11(2)25-16-15(10)17(23)21(9-19-16)7-6-13(22)20-12-4-5-14(24-3)18-8-12/h4-5,8-9H,6-7H2,1-3H3,(H,20,22). The molecule has 3 heterocycles. The van der Waals surface area contributed by atoms with Crippen LogP contribution in [0.25, 0.3) is 10.2 Å². The molecule has 0 bridgehead atoms. The second-order valence-corrected chi connectivity index (χ2v) is 6.80. The first-order chi connectivity index (χ1) is 12.0. The molecule has 0 unspecified atom stereocenters. The van der Waals surface area contributed by atoms with Gasteiger partial charge in [0, 0.05) is 23.9 Å². The molecule has 0 saturated carbocycles. The lowest BCUT2D eigenvalue weighted by atomic mass is 10.2. The Morgan fingerprint density at radius 3 is 2.80 bits per heavy atom. The molecule has 3 aromatic rings. The second kappa shape index (κ2) is 7.02. The molecule has 0 atom stereocenters. The van der Waals surface area contributed by atoms with Crippen molar-refractivity contribution in [1.29, 1.82) is 0 Å². The van der Waals surface area contributed by atoms with Gasteiger partial charge in [-0.25, -0.2) is 9.97 Å². The number of ether oxygens (including phenoxy) is 1. The molecule has 3 rings (SSSR count). The van der Waals surface area contributed by atoms with E-state index in [1.807, 2.05) is 13.8 Å². The van der Waals surface area contributed by atoms with Crippen LogP contribution in [-0.2, 0) is 11.3 Å². The average Bonchev–Trinajstić information content (AvgIpc) is 2.90. The number of anilines is 1. The number of hydrogen-bond donors (Lipinski definition) is 1. The average molecular weight is 358 g/mol. The lowest BCUT2D eigenvalue weighted by Gasteiger charge is -2.07. The van der Waals surface area contributed by atoms with Gasteiger partial charge >= 0.3 is 0 Å². The number of hydrogen-bond acceptors (Lipinski definition) is 6. The summed E-state index contributed by atoms with van der Waals surface area (Å²) in [6.07, 6.45) is 3.19. The molecule has 1 N–H and O–H groups in total. The molecule has 0 aliphatic heterocycles. The predicted octanol–water partition coefficient (Wildman–Crippen LogP) is 2.51. The van der Waals surface area contributed by atoms with Gasteiger partial charge in [-0.05, 0) is 25.5 Å². The number of thiophene rings is 1. The van der Waals surface area contributed by atoms with Crippen molar-refractivity contribution in [1.82, 2.24) is 14.5 Å². The number of carbonyl (C=O) groups is 1. The van der Waals surface area contributed by atoms with Crippen molar-refractivity contribution >= 4 is 33.1 Å². The third kappa shape index (κ3) is 3.53. The van der Waals surface area contributed by atoms with Crippen LogP contribution in [-0.4, -0.2) is 27.6 Å². The fourth-order valence-corrected chi connectivity index (χ4v) is 3.44. The van der Waals surface area contributed by atoms with Crippen LogP contribution < -0.4 is 15.6 Å². The van der Waals surface area contributed by atoms with Gasteiger partial charge in [0.05, 0.1) is 30.7 Å². The molecular formula is C17H18N4O3S. The first-order valence-electron chi connectivity index (χ1n) is 7.74. The van der Waals surface area contributed by atoms with Gasteiger partial charge in [0.1, 0.15) is 4.83 Å². The zero-order chi connectivity index (χ0) is 18.0. The van der Waals surface area contributed by atoms with Crippen molar-refractivity contribution in [2.75, 3.05) is 12.4 Å². The molecule has 1 amide bonds. The molecule has 0 radical (unpaired) electrons. The summed E-state index contributed by atoms with van der Waals surface area (Å²) in [5, 5.41) is 3.39. The maximum absolute atomic E-state index is 12.6. The zero-order valence-electron chi connectivity index (χ0n) is 14.2. The van der Waals surface area contributed by atoms with Crippen molar-refractivity contribution in [2.45, 2.75) is 26.8 Å². The zero-order valence-corrected chi connectivity index (χ0v) is 15.0. The van der Waals surface area contributed by atoms with Crippen LogP contribution in [0.3, 0.4) is 0 Å². The first-order valence-corrected chi connectivity index (χ1v) is 8.56. The number of carbonyl (C=O) groups excluding carboxylic acids is 1. The molecule has 8 heteroatoms. The number of nitrogens with zero attached hydrogens (tertiary/aromatic N) is 3. The monoisotopic (exact) mass is 358 g/mol. The number of aryl methyl sites for hydroxylation is 3. The maximum atomic E-state index is 12.6. The summed E-state index contributed by atoms with van der Waals surface area (Å²) >= 11 is 1.51. The molecule has 25 heavy (non-hydrogen) atoms. The van der Waals surface area contributed by atoms with E-state index in [0.717, 1.165) is 15.3 Å². The summed E-state index contributed by atoms with van der Waals surface area (Å²) < 4.78 is 6.45. The van der Waals surface area contributed by atoms with E-state index in [1.54, 1.807) is 12.1 Å². The van der Waals surface area contributed by atoms with Gasteiger partial charge in [-0.3, -0.25) is 14.2 Å². The minimum atomic E-state index is -0.197. The Labute approximate surface area is 148 Å². The van der Waals surface area contributed by atoms with Crippen LogP contribution in [0.1, 0.15) is 16.9 Å². The quantitative estimate of drug-likeness (QED) is 0.757. The Kier molecular flexibility index (Phi) is 4.80. The highest BCUT2D eigenvalue weighted by molar-refractivity contribution is 7.18. The van der Waals surface area contributed by atoms with E-state index < -0.39 is 0 Å². The summed E-state index contributed by atoms with van der Waals surface area (Å²) in [5.41, 5.74) is 1.43. The van der Waals surface area contributed by atoms with Crippen molar-refractivity contribution in [2.24, 2.45) is 0 Å². The molecule has 130 valence electrons. The first kappa shape index (κ1) is 17.1. The smallest absolute Gasteiger partial charge is 0.262 e. The summed E-state index contributed by atoms with van der Waals surface area (Å²) in [6, 6.07) is 3.38. The third-order valence-electron chi connectivity index (χ3n) is 3.96. The molecular weight excluding hydrogens is 340 g/mol. The van der Waals surface area contributed by atoms with Gasteiger partial charge in [0.15, 0.2) is 0 Å². The number of nitrogens with one attached hydrogen (secondary N) is 1. The Bertz CT molecular complexity index is 976. The van der Waals surface area contributed by atoms with Crippen molar-refractivity contribution in [3.05, 3.63) is 45.5 Å². The van der Waals surface area contributed by atoms with Crippen molar-refractivity contribution in [3.8, 4) is 5.88 Å². The maximum Gasteiger partial charge on any atom is 0.262 e. The Hall–Kier alpha value is -2.74. The summed E-state index contributed by atoms with van der Waals surface area (Å²) in [6.45, 7) is 4.16. The highest BCUT2D eigenvalue weighted by atomic mass is 32.1. The lowest BCUT2D eigenvalue weighted by Crippen LogP contribution is -2.23. The van der Waals surface area contributed by atoms with E-state index in [1.165, 1.54) is 35.5 Å². The van der Waals surface area contributed by atoms with Gasteiger partial charge in [0.25, 0.3) is 5.56 Å².